The molecule has 0 bridgehead atoms. The van der Waals surface area contributed by atoms with E-state index in [-0.39, 0.29) is 0 Å². The molecule has 0 aliphatic heterocycles. The van der Waals surface area contributed by atoms with E-state index in [9.17, 15) is 4.79 Å². The summed E-state index contributed by atoms with van der Waals surface area (Å²) in [6.45, 7) is 0.584. The number of hydrogen-bond acceptors (Lipinski definition) is 7. The Kier molecular flexibility index (Phi) is 7.88. The van der Waals surface area contributed by atoms with Crippen LogP contribution in [0, 0.1) is 0 Å². The van der Waals surface area contributed by atoms with Crippen LogP contribution in [0.5, 0.6) is 11.5 Å². The Morgan fingerprint density at radius 1 is 1.09 bits per heavy atom. The van der Waals surface area contributed by atoms with Crippen molar-refractivity contribution in [3.05, 3.63) is 59.4 Å². The molecule has 0 unspecified atom stereocenters. The summed E-state index contributed by atoms with van der Waals surface area (Å²) >= 11 is 1.64. The second kappa shape index (κ2) is 11.2. The highest BCUT2D eigenvalue weighted by atomic mass is 32.2. The Morgan fingerprint density at radius 3 is 2.70 bits per heavy atom. The number of aldehydes is 1. The molecule has 1 aliphatic rings. The lowest BCUT2D eigenvalue weighted by Gasteiger charge is -2.25. The van der Waals surface area contributed by atoms with E-state index >= 15 is 0 Å². The molecule has 0 atom stereocenters. The maximum Gasteiger partial charge on any atom is 0.191 e. The molecule has 0 saturated heterocycles. The molecule has 1 aliphatic carbocycles. The normalized spacial score (nSPS) is 14.1. The van der Waals surface area contributed by atoms with Crippen LogP contribution >= 0.6 is 11.8 Å². The zero-order valence-corrected chi connectivity index (χ0v) is 19.9. The standard InChI is InChI=1S/C25H30N4O3S/c1-31-22-10-6-7-20(14-22)26-15-24-27-28-25(29(24)21-8-4-3-5-9-21)33-17-19-13-18(16-30)11-12-23(19)32-2/h6-7,10-14,16,21,26H,3-5,8-9,15,17H2,1-2H3. The van der Waals surface area contributed by atoms with Gasteiger partial charge in [0.05, 0.1) is 20.8 Å². The number of nitrogens with zero attached hydrogens (tertiary/aromatic N) is 3. The summed E-state index contributed by atoms with van der Waals surface area (Å²) < 4.78 is 13.1. The van der Waals surface area contributed by atoms with Crippen molar-refractivity contribution in [1.29, 1.82) is 0 Å². The summed E-state index contributed by atoms with van der Waals surface area (Å²) in [6, 6.07) is 13.8. The highest BCUT2D eigenvalue weighted by Crippen LogP contribution is 2.35. The number of aromatic nitrogens is 3. The minimum Gasteiger partial charge on any atom is -0.497 e. The van der Waals surface area contributed by atoms with E-state index in [4.69, 9.17) is 9.47 Å². The smallest absolute Gasteiger partial charge is 0.191 e. The van der Waals surface area contributed by atoms with Gasteiger partial charge >= 0.3 is 0 Å². The van der Waals surface area contributed by atoms with Crippen LogP contribution in [0.4, 0.5) is 5.69 Å². The topological polar surface area (TPSA) is 78.3 Å². The fourth-order valence-corrected chi connectivity index (χ4v) is 5.28. The minimum absolute atomic E-state index is 0.404. The van der Waals surface area contributed by atoms with Crippen LogP contribution in [0.1, 0.15) is 59.9 Å². The molecule has 1 N–H and O–H groups in total. The molecular weight excluding hydrogens is 436 g/mol. The number of nitrogens with one attached hydrogen (secondary N) is 1. The summed E-state index contributed by atoms with van der Waals surface area (Å²) in [5.41, 5.74) is 2.60. The molecule has 8 heteroatoms. The van der Waals surface area contributed by atoms with Crippen LogP contribution in [0.15, 0.2) is 47.6 Å². The second-order valence-corrected chi connectivity index (χ2v) is 9.07. The number of ether oxygens (including phenoxy) is 2. The van der Waals surface area contributed by atoms with Gasteiger partial charge < -0.3 is 19.4 Å². The minimum atomic E-state index is 0.404. The van der Waals surface area contributed by atoms with Gasteiger partial charge in [-0.25, -0.2) is 0 Å². The maximum absolute atomic E-state index is 11.2. The van der Waals surface area contributed by atoms with Gasteiger partial charge in [-0.05, 0) is 43.2 Å². The van der Waals surface area contributed by atoms with Gasteiger partial charge in [-0.3, -0.25) is 4.79 Å². The first-order chi connectivity index (χ1) is 16.2. The van der Waals surface area contributed by atoms with Crippen LogP contribution in [0.2, 0.25) is 0 Å². The molecule has 1 fully saturated rings. The van der Waals surface area contributed by atoms with Gasteiger partial charge in [0.2, 0.25) is 0 Å². The lowest BCUT2D eigenvalue weighted by molar-refractivity contribution is 0.112. The van der Waals surface area contributed by atoms with Crippen molar-refractivity contribution >= 4 is 23.7 Å². The third-order valence-electron chi connectivity index (χ3n) is 5.99. The van der Waals surface area contributed by atoms with Crippen LogP contribution in [0.25, 0.3) is 0 Å². The lowest BCUT2D eigenvalue weighted by Crippen LogP contribution is -2.18. The quantitative estimate of drug-likeness (QED) is 0.311. The van der Waals surface area contributed by atoms with Crippen molar-refractivity contribution < 1.29 is 14.3 Å². The molecule has 33 heavy (non-hydrogen) atoms. The summed E-state index contributed by atoms with van der Waals surface area (Å²) in [7, 11) is 3.32. The maximum atomic E-state index is 11.2. The summed E-state index contributed by atoms with van der Waals surface area (Å²) in [6.07, 6.45) is 6.88. The molecule has 0 spiro atoms. The Morgan fingerprint density at radius 2 is 1.94 bits per heavy atom. The number of anilines is 1. The van der Waals surface area contributed by atoms with Crippen molar-refractivity contribution in [2.24, 2.45) is 0 Å². The monoisotopic (exact) mass is 466 g/mol. The average Bonchev–Trinajstić information content (AvgIpc) is 3.29. The lowest BCUT2D eigenvalue weighted by atomic mass is 9.95. The predicted octanol–water partition coefficient (Wildman–Crippen LogP) is 5.52. The van der Waals surface area contributed by atoms with E-state index in [0.717, 1.165) is 52.9 Å². The zero-order chi connectivity index (χ0) is 23.0. The van der Waals surface area contributed by atoms with Crippen molar-refractivity contribution in [2.45, 2.75) is 55.6 Å². The highest BCUT2D eigenvalue weighted by Gasteiger charge is 2.23. The van der Waals surface area contributed by atoms with E-state index < -0.39 is 0 Å². The first-order valence-electron chi connectivity index (χ1n) is 11.3. The highest BCUT2D eigenvalue weighted by molar-refractivity contribution is 7.98. The number of carbonyl (C=O) groups is 1. The van der Waals surface area contributed by atoms with Gasteiger partial charge in [-0.2, -0.15) is 0 Å². The number of carbonyl (C=O) groups excluding carboxylic acids is 1. The third kappa shape index (κ3) is 5.68. The molecule has 4 rings (SSSR count). The molecular formula is C25H30N4O3S. The third-order valence-corrected chi connectivity index (χ3v) is 6.98. The van der Waals surface area contributed by atoms with Gasteiger partial charge in [0.15, 0.2) is 11.0 Å². The van der Waals surface area contributed by atoms with Crippen molar-refractivity contribution in [3.63, 3.8) is 0 Å². The van der Waals surface area contributed by atoms with Gasteiger partial charge in [-0.15, -0.1) is 10.2 Å². The summed E-state index contributed by atoms with van der Waals surface area (Å²) in [4.78, 5) is 11.2. The molecule has 1 aromatic heterocycles. The second-order valence-electron chi connectivity index (χ2n) is 8.12. The van der Waals surface area contributed by atoms with Gasteiger partial charge in [-0.1, -0.05) is 37.1 Å². The van der Waals surface area contributed by atoms with Gasteiger partial charge in [0.25, 0.3) is 0 Å². The van der Waals surface area contributed by atoms with Crippen molar-refractivity contribution in [3.8, 4) is 11.5 Å². The first kappa shape index (κ1) is 23.2. The van der Waals surface area contributed by atoms with Crippen LogP contribution in [0.3, 0.4) is 0 Å². The molecule has 1 saturated carbocycles. The molecule has 0 amide bonds. The molecule has 0 radical (unpaired) electrons. The largest absolute Gasteiger partial charge is 0.497 e. The van der Waals surface area contributed by atoms with E-state index in [1.54, 1.807) is 32.0 Å². The van der Waals surface area contributed by atoms with Crippen molar-refractivity contribution in [2.75, 3.05) is 19.5 Å². The number of methoxy groups -OCH3 is 2. The van der Waals surface area contributed by atoms with E-state index in [0.29, 0.717) is 23.9 Å². The van der Waals surface area contributed by atoms with Gasteiger partial charge in [0, 0.05) is 34.7 Å². The SMILES string of the molecule is COc1cccc(NCc2nnc(SCc3cc(C=O)ccc3OC)n2C2CCCCC2)c1. The average molecular weight is 467 g/mol. The van der Waals surface area contributed by atoms with Crippen LogP contribution in [-0.4, -0.2) is 35.3 Å². The summed E-state index contributed by atoms with van der Waals surface area (Å²) in [5, 5.41) is 13.5. The predicted molar refractivity (Wildman–Crippen MR) is 130 cm³/mol. The number of benzene rings is 2. The zero-order valence-electron chi connectivity index (χ0n) is 19.1. The molecule has 1 heterocycles. The Labute approximate surface area is 198 Å². The molecule has 174 valence electrons. The van der Waals surface area contributed by atoms with E-state index in [2.05, 4.69) is 20.1 Å². The first-order valence-corrected chi connectivity index (χ1v) is 12.3. The molecule has 7 nitrogen and oxygen atoms in total. The van der Waals surface area contributed by atoms with Gasteiger partial charge in [0.1, 0.15) is 17.8 Å². The fraction of sp³-hybridized carbons (Fsp3) is 0.400. The molecule has 3 aromatic rings. The molecule has 2 aromatic carbocycles. The van der Waals surface area contributed by atoms with E-state index in [1.807, 2.05) is 36.4 Å². The Hall–Kier alpha value is -3.00. The van der Waals surface area contributed by atoms with Crippen LogP contribution < -0.4 is 14.8 Å². The van der Waals surface area contributed by atoms with Crippen molar-refractivity contribution in [1.82, 2.24) is 14.8 Å². The van der Waals surface area contributed by atoms with Crippen LogP contribution in [-0.2, 0) is 12.3 Å². The number of rotatable bonds is 10. The summed E-state index contributed by atoms with van der Waals surface area (Å²) in [5.74, 6) is 3.17. The fourth-order valence-electron chi connectivity index (χ4n) is 4.27. The Balaban J connectivity index is 1.55. The Bertz CT molecular complexity index is 1080. The number of hydrogen-bond donors (Lipinski definition) is 1. The number of thioether (sulfide) groups is 1. The van der Waals surface area contributed by atoms with E-state index in [1.165, 1.54) is 19.3 Å².